The molecule has 0 bridgehead atoms. The van der Waals surface area contributed by atoms with Gasteiger partial charge in [0, 0.05) is 11.3 Å². The molecule has 0 saturated carbocycles. The first kappa shape index (κ1) is 14.8. The number of benzene rings is 1. The number of nitriles is 1. The summed E-state index contributed by atoms with van der Waals surface area (Å²) in [6.07, 6.45) is 3.08. The van der Waals surface area contributed by atoms with E-state index in [2.05, 4.69) is 11.1 Å². The van der Waals surface area contributed by atoms with Gasteiger partial charge in [-0.1, -0.05) is 41.6 Å². The van der Waals surface area contributed by atoms with Gasteiger partial charge >= 0.3 is 0 Å². The van der Waals surface area contributed by atoms with Crippen LogP contribution in [-0.4, -0.2) is 16.5 Å². The summed E-state index contributed by atoms with van der Waals surface area (Å²) in [4.78, 5) is 16.8. The number of hydrogen-bond acceptors (Lipinski definition) is 4. The summed E-state index contributed by atoms with van der Waals surface area (Å²) in [7, 11) is 0. The van der Waals surface area contributed by atoms with E-state index in [1.807, 2.05) is 37.3 Å². The second-order valence-corrected chi connectivity index (χ2v) is 6.45. The van der Waals surface area contributed by atoms with Gasteiger partial charge < -0.3 is 0 Å². The Labute approximate surface area is 134 Å². The molecule has 0 radical (unpaired) electrons. The highest BCUT2D eigenvalue weighted by atomic mass is 32.2. The Morgan fingerprint density at radius 2 is 2.09 bits per heavy atom. The minimum absolute atomic E-state index is 0.0659. The molecule has 0 atom stereocenters. The second kappa shape index (κ2) is 6.33. The van der Waals surface area contributed by atoms with Crippen LogP contribution < -0.4 is 0 Å². The lowest BCUT2D eigenvalue weighted by molar-refractivity contribution is 0.102. The highest BCUT2D eigenvalue weighted by Gasteiger charge is 2.17. The Bertz CT molecular complexity index is 760. The van der Waals surface area contributed by atoms with Crippen LogP contribution in [0.3, 0.4) is 0 Å². The summed E-state index contributed by atoms with van der Waals surface area (Å²) in [6.45, 7) is 2.00. The molecule has 0 N–H and O–H groups in total. The average Bonchev–Trinajstić information content (AvgIpc) is 2.99. The molecule has 0 saturated heterocycles. The van der Waals surface area contributed by atoms with Gasteiger partial charge in [-0.2, -0.15) is 5.26 Å². The van der Waals surface area contributed by atoms with Crippen molar-refractivity contribution in [2.24, 2.45) is 0 Å². The van der Waals surface area contributed by atoms with Crippen molar-refractivity contribution < 1.29 is 4.79 Å². The monoisotopic (exact) mass is 308 g/mol. The number of hydrogen-bond donors (Lipinski definition) is 0. The number of carbonyl (C=O) groups excluding carboxylic acids is 1. The van der Waals surface area contributed by atoms with Crippen molar-refractivity contribution in [1.29, 1.82) is 5.26 Å². The van der Waals surface area contributed by atoms with Gasteiger partial charge in [0.25, 0.3) is 0 Å². The third-order valence-corrected chi connectivity index (χ3v) is 4.84. The quantitative estimate of drug-likeness (QED) is 0.638. The maximum Gasteiger partial charge on any atom is 0.173 e. The number of thioether (sulfide) groups is 1. The molecular weight excluding hydrogens is 292 g/mol. The molecule has 22 heavy (non-hydrogen) atoms. The molecular formula is C18H16N2OS. The van der Waals surface area contributed by atoms with Crippen LogP contribution in [0.15, 0.2) is 35.4 Å². The number of rotatable bonds is 4. The molecule has 0 amide bonds. The summed E-state index contributed by atoms with van der Waals surface area (Å²) in [5.74, 6) is 0.375. The molecule has 3 nitrogen and oxygen atoms in total. The van der Waals surface area contributed by atoms with E-state index < -0.39 is 0 Å². The van der Waals surface area contributed by atoms with Crippen LogP contribution in [0, 0.1) is 18.3 Å². The third kappa shape index (κ3) is 3.05. The van der Waals surface area contributed by atoms with E-state index >= 15 is 0 Å². The van der Waals surface area contributed by atoms with Crippen LogP contribution >= 0.6 is 11.8 Å². The summed E-state index contributed by atoms with van der Waals surface area (Å²) in [6, 6.07) is 11.7. The number of aromatic nitrogens is 1. The summed E-state index contributed by atoms with van der Waals surface area (Å²) in [5.41, 5.74) is 4.70. The third-order valence-electron chi connectivity index (χ3n) is 3.85. The molecule has 1 aliphatic rings. The van der Waals surface area contributed by atoms with E-state index in [0.717, 1.165) is 30.5 Å². The molecule has 0 fully saturated rings. The number of aryl methyl sites for hydroxylation is 3. The van der Waals surface area contributed by atoms with Crippen molar-refractivity contribution in [3.05, 3.63) is 58.3 Å². The van der Waals surface area contributed by atoms with Crippen LogP contribution in [0.2, 0.25) is 0 Å². The highest BCUT2D eigenvalue weighted by Crippen LogP contribution is 2.28. The Morgan fingerprint density at radius 3 is 2.82 bits per heavy atom. The topological polar surface area (TPSA) is 53.8 Å². The number of nitrogens with zero attached hydrogens (tertiary/aromatic N) is 2. The summed E-state index contributed by atoms with van der Waals surface area (Å²) >= 11 is 1.36. The first-order valence-corrected chi connectivity index (χ1v) is 8.31. The van der Waals surface area contributed by atoms with Gasteiger partial charge in [0.05, 0.1) is 11.3 Å². The number of Topliss-reactive ketones (excluding diaryl/α,β-unsaturated/α-hetero) is 1. The Kier molecular flexibility index (Phi) is 4.26. The molecule has 1 aliphatic carbocycles. The molecule has 0 spiro atoms. The molecule has 1 heterocycles. The largest absolute Gasteiger partial charge is 0.293 e. The van der Waals surface area contributed by atoms with Crippen LogP contribution in [0.1, 0.15) is 39.2 Å². The number of carbonyl (C=O) groups is 1. The lowest BCUT2D eigenvalue weighted by Gasteiger charge is -2.06. The Balaban J connectivity index is 1.75. The first-order valence-electron chi connectivity index (χ1n) is 7.33. The Hall–Kier alpha value is -2.12. The van der Waals surface area contributed by atoms with Gasteiger partial charge in [-0.3, -0.25) is 4.79 Å². The predicted octanol–water partition coefficient (Wildman–Crippen LogP) is 3.73. The van der Waals surface area contributed by atoms with Crippen molar-refractivity contribution in [3.63, 3.8) is 0 Å². The Morgan fingerprint density at radius 1 is 1.32 bits per heavy atom. The van der Waals surface area contributed by atoms with Crippen molar-refractivity contribution in [3.8, 4) is 6.07 Å². The van der Waals surface area contributed by atoms with Crippen molar-refractivity contribution in [1.82, 2.24) is 4.98 Å². The fraction of sp³-hybridized carbons (Fsp3) is 0.278. The molecule has 1 aromatic heterocycles. The number of fused-ring (bicyclic) bond motifs is 1. The fourth-order valence-corrected chi connectivity index (χ4v) is 3.47. The SMILES string of the molecule is Cc1ccc(C(=O)CSc2nc3c(cc2C#N)CCC3)cc1. The maximum absolute atomic E-state index is 12.2. The van der Waals surface area contributed by atoms with Gasteiger partial charge in [0.1, 0.15) is 11.1 Å². The van der Waals surface area contributed by atoms with E-state index in [4.69, 9.17) is 0 Å². The van der Waals surface area contributed by atoms with Gasteiger partial charge in [0.2, 0.25) is 0 Å². The minimum Gasteiger partial charge on any atom is -0.293 e. The van der Waals surface area contributed by atoms with E-state index in [-0.39, 0.29) is 5.78 Å². The first-order chi connectivity index (χ1) is 10.7. The average molecular weight is 308 g/mol. The molecule has 0 unspecified atom stereocenters. The van der Waals surface area contributed by atoms with Gasteiger partial charge in [-0.15, -0.1) is 0 Å². The molecule has 1 aromatic carbocycles. The zero-order valence-electron chi connectivity index (χ0n) is 12.4. The van der Waals surface area contributed by atoms with Crippen molar-refractivity contribution in [2.45, 2.75) is 31.2 Å². The zero-order chi connectivity index (χ0) is 15.5. The van der Waals surface area contributed by atoms with E-state index in [1.54, 1.807) is 0 Å². The molecule has 2 aromatic rings. The predicted molar refractivity (Wildman–Crippen MR) is 87.2 cm³/mol. The maximum atomic E-state index is 12.2. The van der Waals surface area contributed by atoms with Crippen molar-refractivity contribution >= 4 is 17.5 Å². The zero-order valence-corrected chi connectivity index (χ0v) is 13.2. The standard InChI is InChI=1S/C18H16N2OS/c1-12-5-7-13(8-6-12)17(21)11-22-18-15(10-19)9-14-3-2-4-16(14)20-18/h5-9H,2-4,11H2,1H3. The molecule has 3 rings (SSSR count). The second-order valence-electron chi connectivity index (χ2n) is 5.49. The fourth-order valence-electron chi connectivity index (χ4n) is 2.60. The van der Waals surface area contributed by atoms with Gasteiger partial charge in [-0.25, -0.2) is 4.98 Å². The van der Waals surface area contributed by atoms with Crippen LogP contribution in [0.5, 0.6) is 0 Å². The lowest BCUT2D eigenvalue weighted by Crippen LogP contribution is -2.04. The van der Waals surface area contributed by atoms with E-state index in [9.17, 15) is 10.1 Å². The summed E-state index contributed by atoms with van der Waals surface area (Å²) in [5, 5.41) is 9.96. The minimum atomic E-state index is 0.0659. The number of ketones is 1. The van der Waals surface area contributed by atoms with Gasteiger partial charge in [0.15, 0.2) is 5.78 Å². The lowest BCUT2D eigenvalue weighted by atomic mass is 10.1. The highest BCUT2D eigenvalue weighted by molar-refractivity contribution is 8.00. The van der Waals surface area contributed by atoms with E-state index in [0.29, 0.717) is 21.9 Å². The molecule has 4 heteroatoms. The molecule has 110 valence electrons. The molecule has 0 aliphatic heterocycles. The van der Waals surface area contributed by atoms with Crippen LogP contribution in [0.25, 0.3) is 0 Å². The summed E-state index contributed by atoms with van der Waals surface area (Å²) < 4.78 is 0. The van der Waals surface area contributed by atoms with Crippen molar-refractivity contribution in [2.75, 3.05) is 5.75 Å². The number of pyridine rings is 1. The van der Waals surface area contributed by atoms with Crippen LogP contribution in [-0.2, 0) is 12.8 Å². The smallest absolute Gasteiger partial charge is 0.173 e. The van der Waals surface area contributed by atoms with Crippen LogP contribution in [0.4, 0.5) is 0 Å². The van der Waals surface area contributed by atoms with Gasteiger partial charge in [-0.05, 0) is 37.8 Å². The van der Waals surface area contributed by atoms with E-state index in [1.165, 1.54) is 17.3 Å². The normalized spacial score (nSPS) is 12.7.